The van der Waals surface area contributed by atoms with E-state index in [1.54, 1.807) is 12.5 Å². The first-order chi connectivity index (χ1) is 8.61. The lowest BCUT2D eigenvalue weighted by Gasteiger charge is -2.30. The van der Waals surface area contributed by atoms with Gasteiger partial charge >= 0.3 is 0 Å². The van der Waals surface area contributed by atoms with E-state index in [0.29, 0.717) is 0 Å². The predicted octanol–water partition coefficient (Wildman–Crippen LogP) is 1.48. The Morgan fingerprint density at radius 1 is 1.33 bits per heavy atom. The molecule has 0 spiro atoms. The highest BCUT2D eigenvalue weighted by Gasteiger charge is 2.25. The van der Waals surface area contributed by atoms with E-state index >= 15 is 0 Å². The highest BCUT2D eigenvalue weighted by atomic mass is 16.2. The molecule has 100 valence electrons. The number of imidazole rings is 1. The first kappa shape index (κ1) is 13.1. The summed E-state index contributed by atoms with van der Waals surface area (Å²) in [6.45, 7) is 5.59. The summed E-state index contributed by atoms with van der Waals surface area (Å²) in [6.07, 6.45) is 6.90. The van der Waals surface area contributed by atoms with Gasteiger partial charge in [-0.25, -0.2) is 4.98 Å². The molecule has 0 bridgehead atoms. The highest BCUT2D eigenvalue weighted by molar-refractivity contribution is 5.80. The molecule has 18 heavy (non-hydrogen) atoms. The molecule has 2 atom stereocenters. The number of rotatable bonds is 3. The summed E-state index contributed by atoms with van der Waals surface area (Å²) < 4.78 is 1.89. The molecule has 5 nitrogen and oxygen atoms in total. The van der Waals surface area contributed by atoms with Crippen molar-refractivity contribution in [3.8, 4) is 0 Å². The van der Waals surface area contributed by atoms with Gasteiger partial charge in [0.2, 0.25) is 5.91 Å². The number of amides is 1. The van der Waals surface area contributed by atoms with Crippen LogP contribution in [0.4, 0.5) is 0 Å². The summed E-state index contributed by atoms with van der Waals surface area (Å²) in [5.74, 6) is 0.176. The van der Waals surface area contributed by atoms with Crippen LogP contribution in [0.2, 0.25) is 0 Å². The summed E-state index contributed by atoms with van der Waals surface area (Å²) in [6, 6.07) is -0.323. The van der Waals surface area contributed by atoms with Crippen LogP contribution in [0.1, 0.15) is 50.9 Å². The first-order valence-electron chi connectivity index (χ1n) is 6.67. The zero-order valence-corrected chi connectivity index (χ0v) is 11.2. The average molecular weight is 250 g/mol. The van der Waals surface area contributed by atoms with Crippen molar-refractivity contribution in [2.75, 3.05) is 13.1 Å². The van der Waals surface area contributed by atoms with E-state index in [4.69, 9.17) is 5.73 Å². The smallest absolute Gasteiger partial charge is 0.245 e. The van der Waals surface area contributed by atoms with E-state index in [0.717, 1.165) is 31.6 Å². The molecule has 1 aromatic rings. The van der Waals surface area contributed by atoms with Crippen LogP contribution < -0.4 is 5.73 Å². The monoisotopic (exact) mass is 250 g/mol. The number of nitrogens with zero attached hydrogens (tertiary/aromatic N) is 3. The third-order valence-electron chi connectivity index (χ3n) is 3.60. The van der Waals surface area contributed by atoms with Gasteiger partial charge < -0.3 is 15.2 Å². The SMILES string of the molecule is CC(C(=O)N1CCCCC1)n1cncc1[C@@H](C)N. The van der Waals surface area contributed by atoms with Crippen LogP contribution in [-0.2, 0) is 4.79 Å². The van der Waals surface area contributed by atoms with Gasteiger partial charge in [-0.05, 0) is 33.1 Å². The number of carbonyl (C=O) groups excluding carboxylic acids is 1. The first-order valence-corrected chi connectivity index (χ1v) is 6.67. The zero-order chi connectivity index (χ0) is 13.1. The van der Waals surface area contributed by atoms with Crippen molar-refractivity contribution < 1.29 is 4.79 Å². The molecule has 2 heterocycles. The summed E-state index contributed by atoms with van der Waals surface area (Å²) in [7, 11) is 0. The molecule has 1 saturated heterocycles. The van der Waals surface area contributed by atoms with Crippen LogP contribution in [0, 0.1) is 0 Å². The van der Waals surface area contributed by atoms with E-state index in [-0.39, 0.29) is 18.0 Å². The molecule has 2 rings (SSSR count). The fraction of sp³-hybridized carbons (Fsp3) is 0.692. The van der Waals surface area contributed by atoms with Crippen molar-refractivity contribution >= 4 is 5.91 Å². The second kappa shape index (κ2) is 5.52. The number of hydrogen-bond donors (Lipinski definition) is 1. The number of piperidine rings is 1. The van der Waals surface area contributed by atoms with Gasteiger partial charge in [0.05, 0.1) is 12.0 Å². The van der Waals surface area contributed by atoms with E-state index in [9.17, 15) is 4.79 Å². The van der Waals surface area contributed by atoms with Crippen LogP contribution in [0.25, 0.3) is 0 Å². The van der Waals surface area contributed by atoms with Gasteiger partial charge in [-0.2, -0.15) is 0 Å². The highest BCUT2D eigenvalue weighted by Crippen LogP contribution is 2.19. The Balaban J connectivity index is 2.12. The summed E-state index contributed by atoms with van der Waals surface area (Å²) in [5, 5.41) is 0. The molecule has 0 saturated carbocycles. The molecule has 5 heteroatoms. The third kappa shape index (κ3) is 2.56. The minimum absolute atomic E-state index is 0.107. The van der Waals surface area contributed by atoms with E-state index < -0.39 is 0 Å². The Morgan fingerprint density at radius 3 is 2.61 bits per heavy atom. The average Bonchev–Trinajstić information content (AvgIpc) is 2.87. The topological polar surface area (TPSA) is 64.2 Å². The van der Waals surface area contributed by atoms with Crippen LogP contribution in [0.15, 0.2) is 12.5 Å². The largest absolute Gasteiger partial charge is 0.341 e. The van der Waals surface area contributed by atoms with Crippen molar-refractivity contribution in [1.82, 2.24) is 14.5 Å². The quantitative estimate of drug-likeness (QED) is 0.883. The van der Waals surface area contributed by atoms with Gasteiger partial charge in [0.25, 0.3) is 0 Å². The minimum atomic E-state index is -0.216. The van der Waals surface area contributed by atoms with Gasteiger partial charge in [0, 0.05) is 25.3 Å². The molecule has 0 radical (unpaired) electrons. The molecule has 0 aliphatic carbocycles. The lowest BCUT2D eigenvalue weighted by atomic mass is 10.1. The molecule has 1 unspecified atom stereocenters. The number of aromatic nitrogens is 2. The normalized spacial score (nSPS) is 19.6. The van der Waals surface area contributed by atoms with Crippen molar-refractivity contribution in [3.05, 3.63) is 18.2 Å². The summed E-state index contributed by atoms with van der Waals surface area (Å²) in [5.41, 5.74) is 6.80. The lowest BCUT2D eigenvalue weighted by molar-refractivity contribution is -0.135. The number of likely N-dealkylation sites (tertiary alicyclic amines) is 1. The second-order valence-electron chi connectivity index (χ2n) is 5.08. The minimum Gasteiger partial charge on any atom is -0.341 e. The standard InChI is InChI=1S/C13H22N4O/c1-10(14)12-8-15-9-17(12)11(2)13(18)16-6-4-3-5-7-16/h8-11H,3-7,14H2,1-2H3/t10-,11?/m1/s1. The zero-order valence-electron chi connectivity index (χ0n) is 11.2. The van der Waals surface area contributed by atoms with Crippen molar-refractivity contribution in [2.24, 2.45) is 5.73 Å². The van der Waals surface area contributed by atoms with Gasteiger partial charge in [-0.1, -0.05) is 0 Å². The predicted molar refractivity (Wildman–Crippen MR) is 70.0 cm³/mol. The van der Waals surface area contributed by atoms with Crippen LogP contribution in [-0.4, -0.2) is 33.4 Å². The molecule has 1 fully saturated rings. The maximum atomic E-state index is 12.4. The molecule has 1 aliphatic heterocycles. The van der Waals surface area contributed by atoms with Gasteiger partial charge in [0.1, 0.15) is 6.04 Å². The number of hydrogen-bond acceptors (Lipinski definition) is 3. The Kier molecular flexibility index (Phi) is 4.01. The second-order valence-corrected chi connectivity index (χ2v) is 5.08. The van der Waals surface area contributed by atoms with Gasteiger partial charge in [0.15, 0.2) is 0 Å². The molecular weight excluding hydrogens is 228 g/mol. The fourth-order valence-electron chi connectivity index (χ4n) is 2.49. The van der Waals surface area contributed by atoms with Crippen molar-refractivity contribution in [2.45, 2.75) is 45.2 Å². The Morgan fingerprint density at radius 2 is 2.00 bits per heavy atom. The molecule has 1 amide bonds. The maximum Gasteiger partial charge on any atom is 0.245 e. The molecule has 2 N–H and O–H groups in total. The van der Waals surface area contributed by atoms with E-state index in [1.165, 1.54) is 6.42 Å². The molecular formula is C13H22N4O. The summed E-state index contributed by atoms with van der Waals surface area (Å²) in [4.78, 5) is 18.5. The Hall–Kier alpha value is -1.36. The van der Waals surface area contributed by atoms with E-state index in [1.807, 2.05) is 23.3 Å². The molecule has 1 aromatic heterocycles. The van der Waals surface area contributed by atoms with Crippen LogP contribution in [0.5, 0.6) is 0 Å². The lowest BCUT2D eigenvalue weighted by Crippen LogP contribution is -2.40. The van der Waals surface area contributed by atoms with E-state index in [2.05, 4.69) is 4.98 Å². The Labute approximate surface area is 108 Å². The van der Waals surface area contributed by atoms with Gasteiger partial charge in [-0.3, -0.25) is 4.79 Å². The van der Waals surface area contributed by atoms with Crippen LogP contribution >= 0.6 is 0 Å². The molecule has 0 aromatic carbocycles. The van der Waals surface area contributed by atoms with Crippen LogP contribution in [0.3, 0.4) is 0 Å². The number of nitrogens with two attached hydrogens (primary N) is 1. The Bertz CT molecular complexity index is 407. The van der Waals surface area contributed by atoms with Crippen molar-refractivity contribution in [3.63, 3.8) is 0 Å². The maximum absolute atomic E-state index is 12.4. The third-order valence-corrected chi connectivity index (χ3v) is 3.60. The fourth-order valence-corrected chi connectivity index (χ4v) is 2.49. The van der Waals surface area contributed by atoms with Gasteiger partial charge in [-0.15, -0.1) is 0 Å². The molecule has 1 aliphatic rings. The van der Waals surface area contributed by atoms with Crippen molar-refractivity contribution in [1.29, 1.82) is 0 Å². The number of carbonyl (C=O) groups is 1. The summed E-state index contributed by atoms with van der Waals surface area (Å²) >= 11 is 0.